The van der Waals surface area contributed by atoms with E-state index in [0.717, 1.165) is 40.9 Å². The molecule has 0 aliphatic heterocycles. The molecule has 3 rings (SSSR count). The van der Waals surface area contributed by atoms with Crippen molar-refractivity contribution in [3.8, 4) is 5.75 Å². The molecule has 1 amide bonds. The summed E-state index contributed by atoms with van der Waals surface area (Å²) in [6, 6.07) is 5.48. The van der Waals surface area contributed by atoms with Gasteiger partial charge in [0, 0.05) is 34.8 Å². The number of carbonyl (C=O) groups is 1. The molecule has 0 fully saturated rings. The molecule has 6 heteroatoms. The molecule has 0 radical (unpaired) electrons. The molecule has 3 aromatic rings. The van der Waals surface area contributed by atoms with Crippen LogP contribution in [0.15, 0.2) is 22.6 Å². The van der Waals surface area contributed by atoms with Crippen molar-refractivity contribution in [3.63, 3.8) is 0 Å². The Morgan fingerprint density at radius 1 is 1.30 bits per heavy atom. The monoisotopic (exact) mass is 369 g/mol. The van der Waals surface area contributed by atoms with Gasteiger partial charge in [0.1, 0.15) is 11.3 Å². The number of methoxy groups -OCH3 is 1. The first-order chi connectivity index (χ1) is 12.9. The Bertz CT molecular complexity index is 984. The summed E-state index contributed by atoms with van der Waals surface area (Å²) >= 11 is 0. The Morgan fingerprint density at radius 3 is 2.63 bits per heavy atom. The predicted octanol–water partition coefficient (Wildman–Crippen LogP) is 4.46. The van der Waals surface area contributed by atoms with Gasteiger partial charge in [-0.1, -0.05) is 6.92 Å². The molecule has 1 aromatic carbocycles. The fraction of sp³-hybridized carbons (Fsp3) is 0.429. The third kappa shape index (κ3) is 3.31. The van der Waals surface area contributed by atoms with Crippen LogP contribution in [0, 0.1) is 20.8 Å². The number of fused-ring (bicyclic) bond motifs is 1. The third-order valence-corrected chi connectivity index (χ3v) is 5.15. The Balaban J connectivity index is 1.93. The maximum Gasteiger partial charge on any atom is 0.287 e. The van der Waals surface area contributed by atoms with E-state index in [9.17, 15) is 4.79 Å². The van der Waals surface area contributed by atoms with Gasteiger partial charge in [-0.3, -0.25) is 9.48 Å². The Morgan fingerprint density at radius 2 is 2.04 bits per heavy atom. The van der Waals surface area contributed by atoms with Gasteiger partial charge in [0.15, 0.2) is 5.76 Å². The summed E-state index contributed by atoms with van der Waals surface area (Å²) in [5, 5.41) is 8.63. The average Bonchev–Trinajstić information content (AvgIpc) is 3.15. The van der Waals surface area contributed by atoms with Crippen LogP contribution in [0.5, 0.6) is 5.75 Å². The summed E-state index contributed by atoms with van der Waals surface area (Å²) in [4.78, 5) is 13.0. The highest BCUT2D eigenvalue weighted by Crippen LogP contribution is 2.30. The average molecular weight is 369 g/mol. The van der Waals surface area contributed by atoms with Crippen molar-refractivity contribution in [1.82, 2.24) is 15.1 Å². The van der Waals surface area contributed by atoms with Crippen molar-refractivity contribution in [2.24, 2.45) is 0 Å². The van der Waals surface area contributed by atoms with Gasteiger partial charge in [-0.05, 0) is 46.2 Å². The predicted molar refractivity (Wildman–Crippen MR) is 105 cm³/mol. The molecule has 2 heterocycles. The topological polar surface area (TPSA) is 69.3 Å². The molecular formula is C21H27N3O3. The lowest BCUT2D eigenvalue weighted by atomic mass is 10.0. The second-order valence-corrected chi connectivity index (χ2v) is 6.75. The minimum Gasteiger partial charge on any atom is -0.497 e. The molecule has 6 nitrogen and oxygen atoms in total. The van der Waals surface area contributed by atoms with Gasteiger partial charge in [-0.25, -0.2) is 0 Å². The number of ether oxygens (including phenoxy) is 1. The lowest BCUT2D eigenvalue weighted by Gasteiger charge is -2.17. The highest BCUT2D eigenvalue weighted by atomic mass is 16.5. The van der Waals surface area contributed by atoms with Crippen LogP contribution in [0.4, 0.5) is 0 Å². The van der Waals surface area contributed by atoms with Gasteiger partial charge < -0.3 is 14.5 Å². The number of nitrogens with one attached hydrogen (secondary N) is 1. The van der Waals surface area contributed by atoms with Gasteiger partial charge in [0.2, 0.25) is 0 Å². The van der Waals surface area contributed by atoms with Crippen molar-refractivity contribution in [3.05, 3.63) is 46.5 Å². The maximum atomic E-state index is 13.0. The van der Waals surface area contributed by atoms with E-state index in [0.29, 0.717) is 17.1 Å². The summed E-state index contributed by atoms with van der Waals surface area (Å²) in [5.74, 6) is 0.834. The zero-order valence-electron chi connectivity index (χ0n) is 16.8. The zero-order valence-corrected chi connectivity index (χ0v) is 16.8. The number of nitrogens with zero attached hydrogens (tertiary/aromatic N) is 2. The summed E-state index contributed by atoms with van der Waals surface area (Å²) in [6.07, 6.45) is 0.774. The van der Waals surface area contributed by atoms with Crippen LogP contribution in [0.1, 0.15) is 59.4 Å². The lowest BCUT2D eigenvalue weighted by Crippen LogP contribution is -2.29. The van der Waals surface area contributed by atoms with Gasteiger partial charge in [0.05, 0.1) is 18.8 Å². The molecule has 0 aliphatic rings. The quantitative estimate of drug-likeness (QED) is 0.696. The van der Waals surface area contributed by atoms with E-state index in [-0.39, 0.29) is 11.9 Å². The van der Waals surface area contributed by atoms with Crippen LogP contribution in [0.2, 0.25) is 0 Å². The van der Waals surface area contributed by atoms with Crippen molar-refractivity contribution in [1.29, 1.82) is 0 Å². The molecule has 0 spiro atoms. The van der Waals surface area contributed by atoms with E-state index in [1.54, 1.807) is 13.2 Å². The Kier molecular flexibility index (Phi) is 5.26. The molecule has 2 aromatic heterocycles. The molecule has 1 N–H and O–H groups in total. The van der Waals surface area contributed by atoms with Crippen molar-refractivity contribution >= 4 is 16.9 Å². The van der Waals surface area contributed by atoms with Gasteiger partial charge >= 0.3 is 0 Å². The molecule has 1 atom stereocenters. The SMILES string of the molecule is CC[C@@H](NC(=O)c1oc2cc(OC)ccc2c1C)c1c(C)nn(CC)c1C. The fourth-order valence-corrected chi connectivity index (χ4v) is 3.67. The standard InChI is InChI=1S/C21H27N3O3/c1-7-17(19-13(4)23-24(8-2)14(19)5)22-21(25)20-12(3)16-10-9-15(26-6)11-18(16)27-20/h9-11,17H,7-8H2,1-6H3,(H,22,25)/t17-/m1/s1. The molecule has 0 bridgehead atoms. The number of amides is 1. The highest BCUT2D eigenvalue weighted by molar-refractivity contribution is 5.99. The molecule has 0 saturated carbocycles. The third-order valence-electron chi connectivity index (χ3n) is 5.15. The Labute approximate surface area is 159 Å². The number of hydrogen-bond acceptors (Lipinski definition) is 4. The van der Waals surface area contributed by atoms with Gasteiger partial charge in [0.25, 0.3) is 5.91 Å². The van der Waals surface area contributed by atoms with E-state index in [2.05, 4.69) is 24.3 Å². The van der Waals surface area contributed by atoms with Crippen molar-refractivity contribution in [2.75, 3.05) is 7.11 Å². The first kappa shape index (κ1) is 19.0. The number of carbonyl (C=O) groups excluding carboxylic acids is 1. The van der Waals surface area contributed by atoms with E-state index < -0.39 is 0 Å². The zero-order chi connectivity index (χ0) is 19.7. The summed E-state index contributed by atoms with van der Waals surface area (Å²) in [6.45, 7) is 10.9. The summed E-state index contributed by atoms with van der Waals surface area (Å²) in [5.41, 5.74) is 4.61. The maximum absolute atomic E-state index is 13.0. The number of furan rings is 1. The van der Waals surface area contributed by atoms with E-state index in [1.807, 2.05) is 37.6 Å². The molecule has 0 unspecified atom stereocenters. The summed E-state index contributed by atoms with van der Waals surface area (Å²) < 4.78 is 13.1. The van der Waals surface area contributed by atoms with Crippen molar-refractivity contribution < 1.29 is 13.9 Å². The van der Waals surface area contributed by atoms with Crippen LogP contribution in [-0.4, -0.2) is 22.8 Å². The first-order valence-electron chi connectivity index (χ1n) is 9.33. The summed E-state index contributed by atoms with van der Waals surface area (Å²) in [7, 11) is 1.61. The van der Waals surface area contributed by atoms with Crippen LogP contribution in [0.3, 0.4) is 0 Å². The van der Waals surface area contributed by atoms with Crippen molar-refractivity contribution in [2.45, 2.75) is 53.6 Å². The molecule has 0 aliphatic carbocycles. The lowest BCUT2D eigenvalue weighted by molar-refractivity contribution is 0.0908. The van der Waals surface area contributed by atoms with E-state index in [1.165, 1.54) is 0 Å². The number of aromatic nitrogens is 2. The van der Waals surface area contributed by atoms with E-state index in [4.69, 9.17) is 9.15 Å². The van der Waals surface area contributed by atoms with Gasteiger partial charge in [-0.15, -0.1) is 0 Å². The second kappa shape index (κ2) is 7.47. The number of hydrogen-bond donors (Lipinski definition) is 1. The smallest absolute Gasteiger partial charge is 0.287 e. The van der Waals surface area contributed by atoms with Crippen LogP contribution in [0.25, 0.3) is 11.0 Å². The van der Waals surface area contributed by atoms with Crippen LogP contribution in [-0.2, 0) is 6.54 Å². The molecular weight excluding hydrogens is 342 g/mol. The first-order valence-corrected chi connectivity index (χ1v) is 9.33. The van der Waals surface area contributed by atoms with Gasteiger partial charge in [-0.2, -0.15) is 5.10 Å². The van der Waals surface area contributed by atoms with E-state index >= 15 is 0 Å². The minimum atomic E-state index is -0.211. The number of rotatable bonds is 6. The van der Waals surface area contributed by atoms with Crippen LogP contribution < -0.4 is 10.1 Å². The highest BCUT2D eigenvalue weighted by Gasteiger charge is 2.24. The minimum absolute atomic E-state index is 0.111. The Hall–Kier alpha value is -2.76. The molecule has 27 heavy (non-hydrogen) atoms. The molecule has 144 valence electrons. The van der Waals surface area contributed by atoms with Crippen LogP contribution >= 0.6 is 0 Å². The molecule has 0 saturated heterocycles. The largest absolute Gasteiger partial charge is 0.497 e. The fourth-order valence-electron chi connectivity index (χ4n) is 3.67. The number of aryl methyl sites for hydroxylation is 3. The normalized spacial score (nSPS) is 12.4. The number of benzene rings is 1. The second-order valence-electron chi connectivity index (χ2n) is 6.75.